The summed E-state index contributed by atoms with van der Waals surface area (Å²) in [6.45, 7) is 1.67. The number of hydrogen-bond donors (Lipinski definition) is 1. The number of amidine groups is 1. The van der Waals surface area contributed by atoms with Crippen LogP contribution in [-0.2, 0) is 4.79 Å². The van der Waals surface area contributed by atoms with E-state index in [9.17, 15) is 9.59 Å². The zero-order valence-corrected chi connectivity index (χ0v) is 17.6. The van der Waals surface area contributed by atoms with Gasteiger partial charge in [0.05, 0.1) is 16.2 Å². The molecule has 8 heteroatoms. The lowest BCUT2D eigenvalue weighted by Crippen LogP contribution is -2.19. The number of amides is 1. The molecule has 0 saturated carbocycles. The summed E-state index contributed by atoms with van der Waals surface area (Å²) in [5.41, 5.74) is 1.66. The van der Waals surface area contributed by atoms with Crippen LogP contribution in [0.25, 0.3) is 17.0 Å². The molecule has 0 aliphatic carbocycles. The fraction of sp³-hybridized carbons (Fsp3) is 0.0476. The number of benzene rings is 2. The van der Waals surface area contributed by atoms with Crippen molar-refractivity contribution in [2.45, 2.75) is 6.92 Å². The van der Waals surface area contributed by atoms with Crippen LogP contribution in [0.15, 0.2) is 83.4 Å². The maximum Gasteiger partial charge on any atom is 0.345 e. The Labute approximate surface area is 178 Å². The zero-order chi connectivity index (χ0) is 20.4. The van der Waals surface area contributed by atoms with Crippen molar-refractivity contribution in [2.24, 2.45) is 10.2 Å². The topological polar surface area (TPSA) is 84.0 Å². The minimum Gasteiger partial charge on any atom is -0.422 e. The van der Waals surface area contributed by atoms with Gasteiger partial charge in [0.15, 0.2) is 5.17 Å². The number of halogens is 1. The van der Waals surface area contributed by atoms with E-state index in [4.69, 9.17) is 4.42 Å². The Bertz CT molecular complexity index is 1260. The van der Waals surface area contributed by atoms with Gasteiger partial charge in [-0.1, -0.05) is 46.3 Å². The third-order valence-electron chi connectivity index (χ3n) is 4.14. The third kappa shape index (κ3) is 4.38. The monoisotopic (exact) mass is 467 g/mol. The molecule has 1 amide bonds. The van der Waals surface area contributed by atoms with Crippen LogP contribution in [0, 0.1) is 0 Å². The zero-order valence-electron chi connectivity index (χ0n) is 15.2. The Balaban J connectivity index is 1.58. The van der Waals surface area contributed by atoms with Crippen LogP contribution in [0.1, 0.15) is 18.1 Å². The summed E-state index contributed by atoms with van der Waals surface area (Å²) in [5, 5.41) is 12.0. The largest absolute Gasteiger partial charge is 0.422 e. The van der Waals surface area contributed by atoms with Gasteiger partial charge in [0.25, 0.3) is 5.91 Å². The second-order valence-electron chi connectivity index (χ2n) is 6.19. The summed E-state index contributed by atoms with van der Waals surface area (Å²) in [5.74, 6) is -0.241. The number of nitrogens with zero attached hydrogens (tertiary/aromatic N) is 2. The van der Waals surface area contributed by atoms with E-state index in [-0.39, 0.29) is 5.91 Å². The summed E-state index contributed by atoms with van der Waals surface area (Å²) < 4.78 is 6.29. The van der Waals surface area contributed by atoms with E-state index in [1.54, 1.807) is 31.2 Å². The molecule has 1 aliphatic rings. The Morgan fingerprint density at radius 2 is 1.90 bits per heavy atom. The molecule has 6 nitrogen and oxygen atoms in total. The lowest BCUT2D eigenvalue weighted by Gasteiger charge is -2.00. The number of carbonyl (C=O) groups excluding carboxylic acids is 1. The van der Waals surface area contributed by atoms with E-state index in [1.165, 1.54) is 11.8 Å². The molecule has 0 atom stereocenters. The molecule has 1 aromatic heterocycles. The van der Waals surface area contributed by atoms with Gasteiger partial charge < -0.3 is 4.42 Å². The highest BCUT2D eigenvalue weighted by Crippen LogP contribution is 2.26. The summed E-state index contributed by atoms with van der Waals surface area (Å²) in [4.78, 5) is 24.9. The molecule has 4 rings (SSSR count). The molecular weight excluding hydrogens is 454 g/mol. The van der Waals surface area contributed by atoms with Gasteiger partial charge in [0.2, 0.25) is 0 Å². The highest BCUT2D eigenvalue weighted by Gasteiger charge is 2.24. The number of fused-ring (bicyclic) bond motifs is 1. The summed E-state index contributed by atoms with van der Waals surface area (Å²) in [6, 6.07) is 16.6. The van der Waals surface area contributed by atoms with Crippen LogP contribution in [-0.4, -0.2) is 16.8 Å². The normalized spacial score (nSPS) is 17.3. The van der Waals surface area contributed by atoms with Gasteiger partial charge in [-0.05, 0) is 54.6 Å². The molecule has 1 fully saturated rings. The Morgan fingerprint density at radius 1 is 1.14 bits per heavy atom. The minimum atomic E-state index is -0.482. The number of rotatable bonds is 3. The molecule has 0 bridgehead atoms. The SMILES string of the molecule is CC(=N/N=C1/NC(=O)C(=Cc2ccc(Br)cc2)S1)c1cc2ccccc2oc1=O. The van der Waals surface area contributed by atoms with Crippen molar-refractivity contribution >= 4 is 61.5 Å². The number of carbonyl (C=O) groups is 1. The molecule has 1 saturated heterocycles. The van der Waals surface area contributed by atoms with Gasteiger partial charge in [-0.25, -0.2) is 4.79 Å². The van der Waals surface area contributed by atoms with Crippen LogP contribution in [0.4, 0.5) is 0 Å². The number of thioether (sulfide) groups is 1. The van der Waals surface area contributed by atoms with Crippen molar-refractivity contribution in [3.05, 3.63) is 85.5 Å². The molecule has 3 aromatic rings. The Hall–Kier alpha value is -2.97. The smallest absolute Gasteiger partial charge is 0.345 e. The van der Waals surface area contributed by atoms with Gasteiger partial charge in [0, 0.05) is 9.86 Å². The van der Waals surface area contributed by atoms with E-state index >= 15 is 0 Å². The standard InChI is InChI=1S/C21H14BrN3O3S/c1-12(16-11-14-4-2-3-5-17(14)28-20(16)27)24-25-21-23-19(26)18(29-21)10-13-6-8-15(22)9-7-13/h2-11H,1H3,(H,23,25,26). The number of para-hydroxylation sites is 1. The highest BCUT2D eigenvalue weighted by molar-refractivity contribution is 9.10. The Morgan fingerprint density at radius 3 is 2.69 bits per heavy atom. The predicted molar refractivity (Wildman–Crippen MR) is 120 cm³/mol. The average Bonchev–Trinajstić information content (AvgIpc) is 3.06. The van der Waals surface area contributed by atoms with Gasteiger partial charge >= 0.3 is 5.63 Å². The molecule has 0 unspecified atom stereocenters. The van der Waals surface area contributed by atoms with E-state index in [0.717, 1.165) is 15.4 Å². The summed E-state index contributed by atoms with van der Waals surface area (Å²) in [6.07, 6.45) is 1.78. The van der Waals surface area contributed by atoms with Crippen LogP contribution in [0.2, 0.25) is 0 Å². The lowest BCUT2D eigenvalue weighted by atomic mass is 10.1. The number of hydrogen-bond acceptors (Lipinski definition) is 6. The van der Waals surface area contributed by atoms with Crippen LogP contribution >= 0.6 is 27.7 Å². The van der Waals surface area contributed by atoms with Gasteiger partial charge in [-0.3, -0.25) is 10.1 Å². The molecule has 2 aromatic carbocycles. The first-order chi connectivity index (χ1) is 14.0. The molecule has 1 N–H and O–H groups in total. The van der Waals surface area contributed by atoms with Gasteiger partial charge in [0.1, 0.15) is 5.58 Å². The third-order valence-corrected chi connectivity index (χ3v) is 5.57. The molecule has 1 aliphatic heterocycles. The number of nitrogens with one attached hydrogen (secondary N) is 1. The van der Waals surface area contributed by atoms with E-state index in [1.807, 2.05) is 36.4 Å². The second kappa shape index (κ2) is 8.18. The van der Waals surface area contributed by atoms with Crippen LogP contribution < -0.4 is 10.9 Å². The molecule has 0 radical (unpaired) electrons. The Kier molecular flexibility index (Phi) is 5.46. The fourth-order valence-corrected chi connectivity index (χ4v) is 3.71. The molecule has 0 spiro atoms. The molecular formula is C21H14BrN3O3S. The van der Waals surface area contributed by atoms with Crippen LogP contribution in [0.5, 0.6) is 0 Å². The summed E-state index contributed by atoms with van der Waals surface area (Å²) >= 11 is 4.58. The first-order valence-corrected chi connectivity index (χ1v) is 10.2. The van der Waals surface area contributed by atoms with E-state index in [0.29, 0.717) is 26.9 Å². The highest BCUT2D eigenvalue weighted by atomic mass is 79.9. The first-order valence-electron chi connectivity index (χ1n) is 8.61. The molecule has 29 heavy (non-hydrogen) atoms. The molecule has 144 valence electrons. The average molecular weight is 468 g/mol. The minimum absolute atomic E-state index is 0.241. The van der Waals surface area contributed by atoms with Crippen molar-refractivity contribution in [1.82, 2.24) is 5.32 Å². The van der Waals surface area contributed by atoms with Crippen molar-refractivity contribution in [1.29, 1.82) is 0 Å². The maximum atomic E-state index is 12.2. The molecule has 2 heterocycles. The van der Waals surface area contributed by atoms with Gasteiger partial charge in [-0.2, -0.15) is 5.10 Å². The maximum absolute atomic E-state index is 12.2. The summed E-state index contributed by atoms with van der Waals surface area (Å²) in [7, 11) is 0. The fourth-order valence-electron chi connectivity index (χ4n) is 2.67. The van der Waals surface area contributed by atoms with Crippen molar-refractivity contribution in [2.75, 3.05) is 0 Å². The quantitative estimate of drug-likeness (QED) is 0.265. The van der Waals surface area contributed by atoms with E-state index < -0.39 is 5.63 Å². The van der Waals surface area contributed by atoms with E-state index in [2.05, 4.69) is 31.4 Å². The lowest BCUT2D eigenvalue weighted by molar-refractivity contribution is -0.115. The second-order valence-corrected chi connectivity index (χ2v) is 8.14. The predicted octanol–water partition coefficient (Wildman–Crippen LogP) is 4.54. The van der Waals surface area contributed by atoms with Crippen molar-refractivity contribution in [3.63, 3.8) is 0 Å². The van der Waals surface area contributed by atoms with Crippen molar-refractivity contribution in [3.8, 4) is 0 Å². The van der Waals surface area contributed by atoms with Crippen molar-refractivity contribution < 1.29 is 9.21 Å². The van der Waals surface area contributed by atoms with Crippen LogP contribution in [0.3, 0.4) is 0 Å². The van der Waals surface area contributed by atoms with Gasteiger partial charge in [-0.15, -0.1) is 5.10 Å². The first kappa shape index (κ1) is 19.4.